The van der Waals surface area contributed by atoms with E-state index >= 15 is 0 Å². The molecule has 4 heteroatoms. The Bertz CT molecular complexity index is 613. The van der Waals surface area contributed by atoms with Crippen molar-refractivity contribution in [2.45, 2.75) is 19.4 Å². The van der Waals surface area contributed by atoms with Crippen molar-refractivity contribution in [3.63, 3.8) is 0 Å². The number of rotatable bonds is 4. The summed E-state index contributed by atoms with van der Waals surface area (Å²) in [5.74, 6) is 0.863. The van der Waals surface area contributed by atoms with Gasteiger partial charge in [-0.1, -0.05) is 47.5 Å². The lowest BCUT2D eigenvalue weighted by atomic mass is 9.98. The van der Waals surface area contributed by atoms with Crippen molar-refractivity contribution in [1.29, 1.82) is 0 Å². The third-order valence-corrected chi connectivity index (χ3v) is 4.18. The van der Waals surface area contributed by atoms with Gasteiger partial charge < -0.3 is 10.5 Å². The molecule has 2 N–H and O–H groups in total. The van der Waals surface area contributed by atoms with E-state index in [2.05, 4.69) is 0 Å². The van der Waals surface area contributed by atoms with Crippen LogP contribution in [0.3, 0.4) is 0 Å². The Morgan fingerprint density at radius 1 is 1.20 bits per heavy atom. The van der Waals surface area contributed by atoms with Crippen molar-refractivity contribution in [3.05, 3.63) is 63.1 Å². The van der Waals surface area contributed by atoms with Gasteiger partial charge >= 0.3 is 0 Å². The number of nitrogens with two attached hydrogens (primary N) is 1. The molecule has 0 amide bonds. The van der Waals surface area contributed by atoms with Crippen LogP contribution in [0.25, 0.3) is 0 Å². The molecule has 0 saturated heterocycles. The minimum atomic E-state index is -0.129. The normalized spacial score (nSPS) is 12.2. The van der Waals surface area contributed by atoms with Gasteiger partial charge in [-0.2, -0.15) is 0 Å². The van der Waals surface area contributed by atoms with Crippen LogP contribution < -0.4 is 10.5 Å². The van der Waals surface area contributed by atoms with E-state index < -0.39 is 0 Å². The molecule has 0 fully saturated rings. The largest absolute Gasteiger partial charge is 0.496 e. The number of hydrogen-bond acceptors (Lipinski definition) is 2. The first-order valence-corrected chi connectivity index (χ1v) is 7.11. The van der Waals surface area contributed by atoms with E-state index in [1.165, 1.54) is 0 Å². The van der Waals surface area contributed by atoms with Gasteiger partial charge in [-0.15, -0.1) is 0 Å². The van der Waals surface area contributed by atoms with Crippen molar-refractivity contribution in [2.24, 2.45) is 5.73 Å². The van der Waals surface area contributed by atoms with Crippen molar-refractivity contribution in [2.75, 3.05) is 7.11 Å². The maximum Gasteiger partial charge on any atom is 0.121 e. The van der Waals surface area contributed by atoms with Crippen molar-refractivity contribution >= 4 is 23.2 Å². The van der Waals surface area contributed by atoms with Gasteiger partial charge in [-0.3, -0.25) is 0 Å². The number of methoxy groups -OCH3 is 1. The number of halogens is 2. The van der Waals surface area contributed by atoms with Gasteiger partial charge in [0.05, 0.1) is 17.2 Å². The molecule has 0 aliphatic carbocycles. The molecule has 1 unspecified atom stereocenters. The van der Waals surface area contributed by atoms with Crippen LogP contribution in [0.5, 0.6) is 5.75 Å². The molecular weight excluding hydrogens is 293 g/mol. The summed E-state index contributed by atoms with van der Waals surface area (Å²) in [4.78, 5) is 0. The van der Waals surface area contributed by atoms with Crippen LogP contribution >= 0.6 is 23.2 Å². The van der Waals surface area contributed by atoms with Gasteiger partial charge in [0.1, 0.15) is 5.75 Å². The van der Waals surface area contributed by atoms with Crippen molar-refractivity contribution < 1.29 is 4.74 Å². The highest BCUT2D eigenvalue weighted by atomic mass is 35.5. The molecule has 2 aromatic carbocycles. The molecule has 0 spiro atoms. The summed E-state index contributed by atoms with van der Waals surface area (Å²) in [6.45, 7) is 2.00. The van der Waals surface area contributed by atoms with E-state index in [1.54, 1.807) is 13.2 Å². The second kappa shape index (κ2) is 6.49. The van der Waals surface area contributed by atoms with Gasteiger partial charge in [-0.05, 0) is 42.2 Å². The molecule has 106 valence electrons. The van der Waals surface area contributed by atoms with Crippen molar-refractivity contribution in [1.82, 2.24) is 0 Å². The Balaban J connectivity index is 2.21. The molecule has 1 atom stereocenters. The Morgan fingerprint density at radius 3 is 2.60 bits per heavy atom. The Labute approximate surface area is 129 Å². The Hall–Kier alpha value is -1.22. The van der Waals surface area contributed by atoms with E-state index in [0.717, 1.165) is 22.4 Å². The molecule has 0 aliphatic rings. The zero-order valence-electron chi connectivity index (χ0n) is 11.5. The van der Waals surface area contributed by atoms with Crippen LogP contribution in [0, 0.1) is 6.92 Å². The molecule has 20 heavy (non-hydrogen) atoms. The lowest BCUT2D eigenvalue weighted by Crippen LogP contribution is -2.14. The zero-order chi connectivity index (χ0) is 14.7. The zero-order valence-corrected chi connectivity index (χ0v) is 13.0. The average Bonchev–Trinajstić information content (AvgIpc) is 2.43. The van der Waals surface area contributed by atoms with Crippen LogP contribution in [0.4, 0.5) is 0 Å². The summed E-state index contributed by atoms with van der Waals surface area (Å²) in [6, 6.07) is 11.4. The highest BCUT2D eigenvalue weighted by Crippen LogP contribution is 2.29. The monoisotopic (exact) mass is 309 g/mol. The van der Waals surface area contributed by atoms with Gasteiger partial charge in [0, 0.05) is 6.04 Å². The fraction of sp³-hybridized carbons (Fsp3) is 0.250. The maximum atomic E-state index is 6.26. The lowest BCUT2D eigenvalue weighted by molar-refractivity contribution is 0.411. The van der Waals surface area contributed by atoms with Gasteiger partial charge in [-0.25, -0.2) is 0 Å². The first-order chi connectivity index (χ1) is 9.52. The third-order valence-electron chi connectivity index (χ3n) is 3.32. The molecule has 0 heterocycles. The summed E-state index contributed by atoms with van der Waals surface area (Å²) in [5.41, 5.74) is 9.34. The Kier molecular flexibility index (Phi) is 4.92. The summed E-state index contributed by atoms with van der Waals surface area (Å²) >= 11 is 12.2. The van der Waals surface area contributed by atoms with Gasteiger partial charge in [0.2, 0.25) is 0 Å². The minimum Gasteiger partial charge on any atom is -0.496 e. The predicted molar refractivity (Wildman–Crippen MR) is 84.8 cm³/mol. The van der Waals surface area contributed by atoms with E-state index in [-0.39, 0.29) is 6.04 Å². The summed E-state index contributed by atoms with van der Waals surface area (Å²) in [7, 11) is 1.66. The van der Waals surface area contributed by atoms with Crippen LogP contribution in [-0.2, 0) is 6.42 Å². The fourth-order valence-electron chi connectivity index (χ4n) is 2.19. The van der Waals surface area contributed by atoms with Crippen LogP contribution in [0.1, 0.15) is 22.7 Å². The van der Waals surface area contributed by atoms with E-state index in [1.807, 2.05) is 37.3 Å². The SMILES string of the molecule is COc1ccc(C(N)Cc2cccc(Cl)c2Cl)cc1C. The average molecular weight is 310 g/mol. The van der Waals surface area contributed by atoms with E-state index in [9.17, 15) is 0 Å². The number of aryl methyl sites for hydroxylation is 1. The third kappa shape index (κ3) is 3.26. The molecule has 0 aromatic heterocycles. The molecule has 0 bridgehead atoms. The van der Waals surface area contributed by atoms with Crippen molar-refractivity contribution in [3.8, 4) is 5.75 Å². The van der Waals surface area contributed by atoms with Crippen LogP contribution in [-0.4, -0.2) is 7.11 Å². The lowest BCUT2D eigenvalue weighted by Gasteiger charge is -2.15. The maximum absolute atomic E-state index is 6.26. The molecular formula is C16H17Cl2NO. The topological polar surface area (TPSA) is 35.2 Å². The highest BCUT2D eigenvalue weighted by Gasteiger charge is 2.12. The molecule has 2 aromatic rings. The number of ether oxygens (including phenoxy) is 1. The van der Waals surface area contributed by atoms with Crippen LogP contribution in [0.2, 0.25) is 10.0 Å². The molecule has 2 nitrogen and oxygen atoms in total. The summed E-state index contributed by atoms with van der Waals surface area (Å²) in [5, 5.41) is 1.14. The number of benzene rings is 2. The molecule has 2 rings (SSSR count). The fourth-order valence-corrected chi connectivity index (χ4v) is 2.59. The standard InChI is InChI=1S/C16H17Cl2NO/c1-10-8-11(6-7-15(10)20-2)14(19)9-12-4-3-5-13(17)16(12)18/h3-8,14H,9,19H2,1-2H3. The second-order valence-electron chi connectivity index (χ2n) is 4.75. The first kappa shape index (κ1) is 15.2. The quantitative estimate of drug-likeness (QED) is 0.899. The highest BCUT2D eigenvalue weighted by molar-refractivity contribution is 6.42. The smallest absolute Gasteiger partial charge is 0.121 e. The summed E-state index contributed by atoms with van der Waals surface area (Å²) in [6.07, 6.45) is 0.644. The van der Waals surface area contributed by atoms with E-state index in [0.29, 0.717) is 16.5 Å². The van der Waals surface area contributed by atoms with E-state index in [4.69, 9.17) is 33.7 Å². The molecule has 0 radical (unpaired) electrons. The van der Waals surface area contributed by atoms with Gasteiger partial charge in [0.25, 0.3) is 0 Å². The Morgan fingerprint density at radius 2 is 1.95 bits per heavy atom. The second-order valence-corrected chi connectivity index (χ2v) is 5.54. The minimum absolute atomic E-state index is 0.129. The predicted octanol–water partition coefficient (Wildman–Crippen LogP) is 4.55. The molecule has 0 aliphatic heterocycles. The first-order valence-electron chi connectivity index (χ1n) is 6.36. The number of hydrogen-bond donors (Lipinski definition) is 1. The van der Waals surface area contributed by atoms with Gasteiger partial charge in [0.15, 0.2) is 0 Å². The summed E-state index contributed by atoms with van der Waals surface area (Å²) < 4.78 is 5.25. The van der Waals surface area contributed by atoms with Crippen LogP contribution in [0.15, 0.2) is 36.4 Å². The molecule has 0 saturated carbocycles.